The molecule has 0 radical (unpaired) electrons. The predicted octanol–water partition coefficient (Wildman–Crippen LogP) is 2.84. The van der Waals surface area contributed by atoms with Gasteiger partial charge in [-0.05, 0) is 24.3 Å². The fourth-order valence-corrected chi connectivity index (χ4v) is 3.92. The van der Waals surface area contributed by atoms with Crippen molar-refractivity contribution in [1.29, 1.82) is 0 Å². The molecule has 1 aromatic heterocycles. The van der Waals surface area contributed by atoms with Crippen molar-refractivity contribution in [3.63, 3.8) is 0 Å². The van der Waals surface area contributed by atoms with Gasteiger partial charge in [0.25, 0.3) is 5.52 Å². The summed E-state index contributed by atoms with van der Waals surface area (Å²) >= 11 is 0. The van der Waals surface area contributed by atoms with Gasteiger partial charge in [0, 0.05) is 26.0 Å². The third-order valence-electron chi connectivity index (χ3n) is 4.38. The second kappa shape index (κ2) is 9.75. The third-order valence-corrected chi connectivity index (χ3v) is 5.63. The second-order valence-electron chi connectivity index (χ2n) is 6.62. The van der Waals surface area contributed by atoms with E-state index in [-0.39, 0.29) is 12.4 Å². The summed E-state index contributed by atoms with van der Waals surface area (Å²) < 4.78 is 45.0. The summed E-state index contributed by atoms with van der Waals surface area (Å²) in [5.41, 5.74) is 3.24. The predicted molar refractivity (Wildman–Crippen MR) is 117 cm³/mol. The van der Waals surface area contributed by atoms with E-state index in [1.165, 1.54) is 7.11 Å². The molecular formula is C21H26N3O5S+. The highest BCUT2D eigenvalue weighted by atomic mass is 32.2. The van der Waals surface area contributed by atoms with Crippen LogP contribution in [-0.4, -0.2) is 41.6 Å². The van der Waals surface area contributed by atoms with E-state index < -0.39 is 10.0 Å². The zero-order valence-corrected chi connectivity index (χ0v) is 17.9. The molecule has 0 aliphatic carbocycles. The summed E-state index contributed by atoms with van der Waals surface area (Å²) in [6.07, 6.45) is 0. The summed E-state index contributed by atoms with van der Waals surface area (Å²) in [5, 5.41) is 3.24. The van der Waals surface area contributed by atoms with Gasteiger partial charge in [-0.1, -0.05) is 24.8 Å². The maximum Gasteiger partial charge on any atom is 0.397 e. The van der Waals surface area contributed by atoms with E-state index in [9.17, 15) is 8.42 Å². The van der Waals surface area contributed by atoms with Crippen molar-refractivity contribution in [1.82, 2.24) is 0 Å². The van der Waals surface area contributed by atoms with Crippen molar-refractivity contribution < 1.29 is 26.9 Å². The van der Waals surface area contributed by atoms with Gasteiger partial charge in [-0.25, -0.2) is 8.42 Å². The van der Waals surface area contributed by atoms with E-state index in [0.29, 0.717) is 36.0 Å². The van der Waals surface area contributed by atoms with Crippen molar-refractivity contribution in [2.24, 2.45) is 0 Å². The molecule has 1 heterocycles. The number of ether oxygens (including phenoxy) is 2. The fourth-order valence-electron chi connectivity index (χ4n) is 2.95. The van der Waals surface area contributed by atoms with Crippen LogP contribution in [0.4, 0.5) is 11.4 Å². The van der Waals surface area contributed by atoms with Gasteiger partial charge < -0.3 is 19.2 Å². The number of para-hydroxylation sites is 1. The first-order valence-electron chi connectivity index (χ1n) is 9.39. The first-order valence-corrected chi connectivity index (χ1v) is 11.0. The Morgan fingerprint density at radius 2 is 1.80 bits per heavy atom. The van der Waals surface area contributed by atoms with Gasteiger partial charge in [0.1, 0.15) is 12.3 Å². The lowest BCUT2D eigenvalue weighted by Gasteiger charge is -2.07. The number of rotatable bonds is 11. The molecule has 160 valence electrons. The molecule has 0 fully saturated rings. The Morgan fingerprint density at radius 1 is 1.07 bits per heavy atom. The molecule has 0 bridgehead atoms. The molecule has 30 heavy (non-hydrogen) atoms. The van der Waals surface area contributed by atoms with Gasteiger partial charge >= 0.3 is 5.89 Å². The first kappa shape index (κ1) is 21.8. The Labute approximate surface area is 176 Å². The first-order chi connectivity index (χ1) is 14.4. The summed E-state index contributed by atoms with van der Waals surface area (Å²) in [6, 6.07) is 14.8. The van der Waals surface area contributed by atoms with Crippen LogP contribution in [0.25, 0.3) is 16.8 Å². The maximum absolute atomic E-state index is 12.2. The standard InChI is InChI=1S/C21H26N3O5S/c1-16(22-17-7-5-4-6-8-17)21-24(11-12-27-2)19-15-18(9-10-20(19)29-21)23-30(25,26)14-13-28-3/h4-10,15,22-23H,1,11-14H2,2-3H3/q+1. The largest absolute Gasteiger partial charge is 0.397 e. The normalized spacial score (nSPS) is 11.5. The summed E-state index contributed by atoms with van der Waals surface area (Å²) in [7, 11) is -0.433. The fraction of sp³-hybridized carbons (Fsp3) is 0.286. The van der Waals surface area contributed by atoms with E-state index in [1.807, 2.05) is 34.9 Å². The molecule has 0 unspecified atom stereocenters. The maximum atomic E-state index is 12.2. The molecule has 8 nitrogen and oxygen atoms in total. The Hall–Kier alpha value is -2.88. The molecule has 0 spiro atoms. The average molecular weight is 433 g/mol. The van der Waals surface area contributed by atoms with E-state index in [4.69, 9.17) is 13.9 Å². The lowest BCUT2D eigenvalue weighted by molar-refractivity contribution is -0.680. The smallest absolute Gasteiger partial charge is 0.396 e. The van der Waals surface area contributed by atoms with Crippen molar-refractivity contribution >= 4 is 38.2 Å². The number of hydrogen-bond donors (Lipinski definition) is 2. The van der Waals surface area contributed by atoms with Gasteiger partial charge in [0.05, 0.1) is 18.0 Å². The highest BCUT2D eigenvalue weighted by Crippen LogP contribution is 2.23. The van der Waals surface area contributed by atoms with Crippen LogP contribution < -0.4 is 14.6 Å². The van der Waals surface area contributed by atoms with Gasteiger partial charge in [0.2, 0.25) is 15.6 Å². The number of nitrogens with zero attached hydrogens (tertiary/aromatic N) is 1. The number of methoxy groups -OCH3 is 2. The molecule has 0 atom stereocenters. The quantitative estimate of drug-likeness (QED) is 0.453. The minimum absolute atomic E-state index is 0.117. The van der Waals surface area contributed by atoms with Crippen LogP contribution in [0.15, 0.2) is 59.5 Å². The van der Waals surface area contributed by atoms with Crippen LogP contribution in [0.2, 0.25) is 0 Å². The van der Waals surface area contributed by atoms with Crippen LogP contribution in [0.3, 0.4) is 0 Å². The van der Waals surface area contributed by atoms with Crippen LogP contribution in [0.5, 0.6) is 0 Å². The van der Waals surface area contributed by atoms with E-state index in [2.05, 4.69) is 16.6 Å². The number of oxazole rings is 1. The number of fused-ring (bicyclic) bond motifs is 1. The zero-order chi connectivity index (χ0) is 21.6. The summed E-state index contributed by atoms with van der Waals surface area (Å²) in [6.45, 7) is 5.19. The highest BCUT2D eigenvalue weighted by Gasteiger charge is 2.26. The SMILES string of the molecule is C=C(Nc1ccccc1)c1oc2ccc(NS(=O)(=O)CCOC)cc2[n+]1CCOC. The monoisotopic (exact) mass is 432 g/mol. The minimum atomic E-state index is -3.51. The van der Waals surface area contributed by atoms with Crippen LogP contribution in [0, 0.1) is 0 Å². The van der Waals surface area contributed by atoms with Crippen molar-refractivity contribution in [3.05, 3.63) is 61.0 Å². The van der Waals surface area contributed by atoms with E-state index in [0.717, 1.165) is 11.2 Å². The number of aromatic nitrogens is 1. The highest BCUT2D eigenvalue weighted by molar-refractivity contribution is 7.92. The Balaban J connectivity index is 1.94. The number of anilines is 2. The number of benzene rings is 2. The molecule has 2 aromatic carbocycles. The molecule has 0 amide bonds. The molecule has 9 heteroatoms. The molecule has 0 saturated carbocycles. The molecule has 0 aliphatic rings. The van der Waals surface area contributed by atoms with Crippen molar-refractivity contribution in [2.75, 3.05) is 43.2 Å². The van der Waals surface area contributed by atoms with E-state index in [1.54, 1.807) is 25.3 Å². The Bertz CT molecular complexity index is 1110. The van der Waals surface area contributed by atoms with Gasteiger partial charge in [-0.15, -0.1) is 0 Å². The molecule has 2 N–H and O–H groups in total. The lowest BCUT2D eigenvalue weighted by Crippen LogP contribution is -2.39. The van der Waals surface area contributed by atoms with Gasteiger partial charge in [-0.2, -0.15) is 4.57 Å². The Morgan fingerprint density at radius 3 is 2.50 bits per heavy atom. The van der Waals surface area contributed by atoms with E-state index >= 15 is 0 Å². The zero-order valence-electron chi connectivity index (χ0n) is 17.1. The molecule has 3 rings (SSSR count). The lowest BCUT2D eigenvalue weighted by atomic mass is 10.3. The number of sulfonamides is 1. The van der Waals surface area contributed by atoms with Gasteiger partial charge in [0.15, 0.2) is 6.54 Å². The van der Waals surface area contributed by atoms with Crippen LogP contribution in [-0.2, 0) is 26.0 Å². The molecular weight excluding hydrogens is 406 g/mol. The summed E-state index contributed by atoms with van der Waals surface area (Å²) in [4.78, 5) is 0. The second-order valence-corrected chi connectivity index (χ2v) is 8.46. The average Bonchev–Trinajstić information content (AvgIpc) is 3.09. The van der Waals surface area contributed by atoms with Crippen LogP contribution in [0.1, 0.15) is 5.89 Å². The Kier molecular flexibility index (Phi) is 7.09. The molecule has 0 saturated heterocycles. The summed E-state index contributed by atoms with van der Waals surface area (Å²) in [5.74, 6) is 0.407. The van der Waals surface area contributed by atoms with Crippen LogP contribution >= 0.6 is 0 Å². The van der Waals surface area contributed by atoms with Gasteiger partial charge in [-0.3, -0.25) is 4.72 Å². The van der Waals surface area contributed by atoms with Crippen molar-refractivity contribution in [2.45, 2.75) is 6.54 Å². The molecule has 0 aliphatic heterocycles. The topological polar surface area (TPSA) is 93.7 Å². The van der Waals surface area contributed by atoms with Crippen molar-refractivity contribution in [3.8, 4) is 0 Å². The number of nitrogens with one attached hydrogen (secondary N) is 2. The third kappa shape index (κ3) is 5.38. The molecule has 3 aromatic rings. The minimum Gasteiger partial charge on any atom is -0.396 e. The number of hydrogen-bond acceptors (Lipinski definition) is 6.